The second-order valence-corrected chi connectivity index (χ2v) is 5.08. The molecular formula is C13H15BrFNO3. The molecule has 1 aromatic rings. The van der Waals surface area contributed by atoms with Crippen LogP contribution in [0.4, 0.5) is 4.39 Å². The van der Waals surface area contributed by atoms with Crippen molar-refractivity contribution >= 4 is 21.8 Å². The highest BCUT2D eigenvalue weighted by atomic mass is 79.9. The Morgan fingerprint density at radius 3 is 2.84 bits per heavy atom. The number of carbonyl (C=O) groups is 1. The first-order valence-electron chi connectivity index (χ1n) is 6.09. The van der Waals surface area contributed by atoms with Crippen LogP contribution in [0.5, 0.6) is 0 Å². The first-order chi connectivity index (χ1) is 9.15. The molecule has 0 saturated carbocycles. The predicted octanol–water partition coefficient (Wildman–Crippen LogP) is 2.01. The SMILES string of the molecule is O=C(CC1OCCO1)NCCc1ccc(F)c(Br)c1. The molecule has 1 fully saturated rings. The van der Waals surface area contributed by atoms with E-state index >= 15 is 0 Å². The van der Waals surface area contributed by atoms with E-state index < -0.39 is 6.29 Å². The van der Waals surface area contributed by atoms with Crippen molar-refractivity contribution in [3.63, 3.8) is 0 Å². The van der Waals surface area contributed by atoms with Gasteiger partial charge in [-0.1, -0.05) is 6.07 Å². The van der Waals surface area contributed by atoms with Crippen molar-refractivity contribution in [1.82, 2.24) is 5.32 Å². The zero-order chi connectivity index (χ0) is 13.7. The molecule has 0 bridgehead atoms. The van der Waals surface area contributed by atoms with Crippen LogP contribution in [0, 0.1) is 5.82 Å². The van der Waals surface area contributed by atoms with Crippen molar-refractivity contribution < 1.29 is 18.7 Å². The quantitative estimate of drug-likeness (QED) is 0.897. The fraction of sp³-hybridized carbons (Fsp3) is 0.462. The number of halogens is 2. The summed E-state index contributed by atoms with van der Waals surface area (Å²) in [4.78, 5) is 11.6. The molecular weight excluding hydrogens is 317 g/mol. The molecule has 0 unspecified atom stereocenters. The molecule has 1 N–H and O–H groups in total. The van der Waals surface area contributed by atoms with Crippen LogP contribution in [0.15, 0.2) is 22.7 Å². The Morgan fingerprint density at radius 1 is 1.42 bits per heavy atom. The van der Waals surface area contributed by atoms with E-state index in [1.807, 2.05) is 0 Å². The van der Waals surface area contributed by atoms with E-state index in [0.717, 1.165) is 5.56 Å². The van der Waals surface area contributed by atoms with Crippen molar-refractivity contribution in [2.45, 2.75) is 19.1 Å². The Morgan fingerprint density at radius 2 is 2.16 bits per heavy atom. The highest BCUT2D eigenvalue weighted by Crippen LogP contribution is 2.16. The van der Waals surface area contributed by atoms with Gasteiger partial charge in [0.05, 0.1) is 24.1 Å². The average molecular weight is 332 g/mol. The van der Waals surface area contributed by atoms with Gasteiger partial charge in [0.15, 0.2) is 6.29 Å². The molecule has 104 valence electrons. The van der Waals surface area contributed by atoms with Crippen LogP contribution >= 0.6 is 15.9 Å². The Bertz CT molecular complexity index is 450. The van der Waals surface area contributed by atoms with Crippen LogP contribution in [0.25, 0.3) is 0 Å². The Hall–Kier alpha value is -0.980. The van der Waals surface area contributed by atoms with E-state index in [4.69, 9.17) is 9.47 Å². The summed E-state index contributed by atoms with van der Waals surface area (Å²) in [5, 5.41) is 2.78. The van der Waals surface area contributed by atoms with Gasteiger partial charge < -0.3 is 14.8 Å². The van der Waals surface area contributed by atoms with Crippen LogP contribution in [0.3, 0.4) is 0 Å². The third-order valence-corrected chi connectivity index (χ3v) is 3.37. The van der Waals surface area contributed by atoms with Crippen molar-refractivity contribution in [3.05, 3.63) is 34.1 Å². The van der Waals surface area contributed by atoms with E-state index in [2.05, 4.69) is 21.2 Å². The van der Waals surface area contributed by atoms with Gasteiger partial charge in [0.25, 0.3) is 0 Å². The molecule has 1 aliphatic rings. The summed E-state index contributed by atoms with van der Waals surface area (Å²) in [5.74, 6) is -0.392. The number of rotatable bonds is 5. The molecule has 1 heterocycles. The molecule has 6 heteroatoms. The summed E-state index contributed by atoms with van der Waals surface area (Å²) in [6.07, 6.45) is 0.448. The van der Waals surface area contributed by atoms with Gasteiger partial charge in [-0.2, -0.15) is 0 Å². The van der Waals surface area contributed by atoms with Crippen LogP contribution in [0.2, 0.25) is 0 Å². The fourth-order valence-corrected chi connectivity index (χ4v) is 2.22. The number of hydrogen-bond acceptors (Lipinski definition) is 3. The normalized spacial score (nSPS) is 15.7. The van der Waals surface area contributed by atoms with E-state index in [9.17, 15) is 9.18 Å². The number of benzene rings is 1. The number of hydrogen-bond donors (Lipinski definition) is 1. The maximum atomic E-state index is 13.0. The summed E-state index contributed by atoms with van der Waals surface area (Å²) >= 11 is 3.13. The smallest absolute Gasteiger partial charge is 0.225 e. The van der Waals surface area contributed by atoms with Crippen LogP contribution < -0.4 is 5.32 Å². The third-order valence-electron chi connectivity index (χ3n) is 2.76. The molecule has 0 aromatic heterocycles. The monoisotopic (exact) mass is 331 g/mol. The van der Waals surface area contributed by atoms with Gasteiger partial charge in [0.1, 0.15) is 5.82 Å². The first-order valence-corrected chi connectivity index (χ1v) is 6.88. The summed E-state index contributed by atoms with van der Waals surface area (Å²) in [5.41, 5.74) is 0.960. The molecule has 0 atom stereocenters. The summed E-state index contributed by atoms with van der Waals surface area (Å²) in [6.45, 7) is 1.59. The lowest BCUT2D eigenvalue weighted by Crippen LogP contribution is -2.29. The Kier molecular flexibility index (Phi) is 5.30. The lowest BCUT2D eigenvalue weighted by molar-refractivity contribution is -0.129. The van der Waals surface area contributed by atoms with Gasteiger partial charge in [-0.25, -0.2) is 4.39 Å². The predicted molar refractivity (Wildman–Crippen MR) is 71.1 cm³/mol. The van der Waals surface area contributed by atoms with Crippen LogP contribution in [-0.4, -0.2) is 32.0 Å². The minimum absolute atomic E-state index is 0.104. The molecule has 2 rings (SSSR count). The van der Waals surface area contributed by atoms with Gasteiger partial charge in [0.2, 0.25) is 5.91 Å². The average Bonchev–Trinajstić information content (AvgIpc) is 2.86. The van der Waals surface area contributed by atoms with Gasteiger partial charge in [0, 0.05) is 6.54 Å². The topological polar surface area (TPSA) is 47.6 Å². The molecule has 0 radical (unpaired) electrons. The number of carbonyl (C=O) groups excluding carboxylic acids is 1. The van der Waals surface area contributed by atoms with Gasteiger partial charge in [-0.3, -0.25) is 4.79 Å². The first kappa shape index (κ1) is 14.4. The van der Waals surface area contributed by atoms with Crippen LogP contribution in [0.1, 0.15) is 12.0 Å². The minimum Gasteiger partial charge on any atom is -0.356 e. The second kappa shape index (κ2) is 6.98. The Balaban J connectivity index is 1.70. The molecule has 4 nitrogen and oxygen atoms in total. The lowest BCUT2D eigenvalue weighted by Gasteiger charge is -2.09. The standard InChI is InChI=1S/C13H15BrFNO3/c14-10-7-9(1-2-11(10)15)3-4-16-12(17)8-13-18-5-6-19-13/h1-2,7,13H,3-6,8H2,(H,16,17). The van der Waals surface area contributed by atoms with Gasteiger partial charge in [-0.05, 0) is 40.0 Å². The van der Waals surface area contributed by atoms with Crippen molar-refractivity contribution in [2.75, 3.05) is 19.8 Å². The zero-order valence-electron chi connectivity index (χ0n) is 10.3. The Labute approximate surface area is 119 Å². The zero-order valence-corrected chi connectivity index (χ0v) is 11.9. The number of nitrogens with one attached hydrogen (secondary N) is 1. The van der Waals surface area contributed by atoms with E-state index in [1.54, 1.807) is 12.1 Å². The maximum absolute atomic E-state index is 13.0. The highest BCUT2D eigenvalue weighted by Gasteiger charge is 2.19. The van der Waals surface area contributed by atoms with Gasteiger partial charge >= 0.3 is 0 Å². The highest BCUT2D eigenvalue weighted by molar-refractivity contribution is 9.10. The van der Waals surface area contributed by atoms with Crippen molar-refractivity contribution in [2.24, 2.45) is 0 Å². The minimum atomic E-state index is -0.417. The summed E-state index contributed by atoms with van der Waals surface area (Å²) in [7, 11) is 0. The molecule has 19 heavy (non-hydrogen) atoms. The van der Waals surface area contributed by atoms with E-state index in [0.29, 0.717) is 30.7 Å². The molecule has 1 amide bonds. The van der Waals surface area contributed by atoms with E-state index in [1.165, 1.54) is 6.07 Å². The molecule has 1 aromatic carbocycles. The molecule has 1 aliphatic heterocycles. The largest absolute Gasteiger partial charge is 0.356 e. The van der Waals surface area contributed by atoms with Gasteiger partial charge in [-0.15, -0.1) is 0 Å². The van der Waals surface area contributed by atoms with Crippen molar-refractivity contribution in [3.8, 4) is 0 Å². The lowest BCUT2D eigenvalue weighted by atomic mass is 10.1. The number of amides is 1. The molecule has 0 spiro atoms. The number of ether oxygens (including phenoxy) is 2. The fourth-order valence-electron chi connectivity index (χ4n) is 1.79. The third kappa shape index (κ3) is 4.56. The second-order valence-electron chi connectivity index (χ2n) is 4.22. The summed E-state index contributed by atoms with van der Waals surface area (Å²) < 4.78 is 23.8. The van der Waals surface area contributed by atoms with Crippen molar-refractivity contribution in [1.29, 1.82) is 0 Å². The summed E-state index contributed by atoms with van der Waals surface area (Å²) in [6, 6.07) is 4.82. The van der Waals surface area contributed by atoms with Crippen LogP contribution in [-0.2, 0) is 20.7 Å². The molecule has 1 saturated heterocycles. The van der Waals surface area contributed by atoms with E-state index in [-0.39, 0.29) is 18.1 Å². The molecule has 0 aliphatic carbocycles. The maximum Gasteiger partial charge on any atom is 0.225 e.